The van der Waals surface area contributed by atoms with Crippen LogP contribution in [0.25, 0.3) is 0 Å². The molecule has 0 aliphatic carbocycles. The van der Waals surface area contributed by atoms with E-state index in [1.54, 1.807) is 24.2 Å². The van der Waals surface area contributed by atoms with E-state index in [1.807, 2.05) is 30.5 Å². The highest BCUT2D eigenvalue weighted by Crippen LogP contribution is 2.23. The number of sulfonamides is 1. The summed E-state index contributed by atoms with van der Waals surface area (Å²) in [6, 6.07) is 5.44. The molecule has 0 spiro atoms. The van der Waals surface area contributed by atoms with Crippen molar-refractivity contribution in [1.29, 1.82) is 0 Å². The zero-order chi connectivity index (χ0) is 20.3. The highest BCUT2D eigenvalue weighted by atomic mass is 32.2. The van der Waals surface area contributed by atoms with E-state index in [4.69, 9.17) is 0 Å². The van der Waals surface area contributed by atoms with Gasteiger partial charge in [-0.15, -0.1) is 10.2 Å². The Labute approximate surface area is 170 Å². The number of hydrogen-bond acceptors (Lipinski definition) is 6. The molecule has 1 fully saturated rings. The largest absolute Gasteiger partial charge is 0.339 e. The Balaban J connectivity index is 1.59. The van der Waals surface area contributed by atoms with Crippen molar-refractivity contribution >= 4 is 27.7 Å². The molecule has 152 valence electrons. The lowest BCUT2D eigenvalue weighted by Crippen LogP contribution is -2.51. The van der Waals surface area contributed by atoms with Crippen LogP contribution in [0.4, 0.5) is 0 Å². The minimum Gasteiger partial charge on any atom is -0.339 e. The molecule has 0 N–H and O–H groups in total. The summed E-state index contributed by atoms with van der Waals surface area (Å²) >= 11 is 1.35. The zero-order valence-electron chi connectivity index (χ0n) is 16.3. The summed E-state index contributed by atoms with van der Waals surface area (Å²) in [4.78, 5) is 14.6. The molecule has 8 nitrogen and oxygen atoms in total. The lowest BCUT2D eigenvalue weighted by atomic mass is 10.2. The van der Waals surface area contributed by atoms with Gasteiger partial charge < -0.3 is 9.47 Å². The molecular formula is C18H25N5O3S2. The van der Waals surface area contributed by atoms with E-state index in [2.05, 4.69) is 10.2 Å². The molecule has 3 rings (SSSR count). The number of thioether (sulfide) groups is 1. The third-order valence-corrected chi connectivity index (χ3v) is 7.80. The van der Waals surface area contributed by atoms with E-state index in [0.29, 0.717) is 36.2 Å². The Hall–Kier alpha value is -1.91. The van der Waals surface area contributed by atoms with Crippen molar-refractivity contribution in [2.24, 2.45) is 0 Å². The summed E-state index contributed by atoms with van der Waals surface area (Å²) in [5.74, 6) is 0.252. The van der Waals surface area contributed by atoms with Crippen molar-refractivity contribution in [3.63, 3.8) is 0 Å². The van der Waals surface area contributed by atoms with Gasteiger partial charge in [-0.2, -0.15) is 4.31 Å². The number of benzene rings is 1. The average molecular weight is 424 g/mol. The first-order chi connectivity index (χ1) is 13.3. The summed E-state index contributed by atoms with van der Waals surface area (Å²) in [6.07, 6.45) is 1.64. The molecule has 1 saturated heterocycles. The summed E-state index contributed by atoms with van der Waals surface area (Å²) in [5, 5.41) is 8.59. The summed E-state index contributed by atoms with van der Waals surface area (Å²) in [7, 11) is -3.55. The number of rotatable bonds is 6. The fraction of sp³-hybridized carbons (Fsp3) is 0.500. The van der Waals surface area contributed by atoms with Crippen molar-refractivity contribution in [1.82, 2.24) is 24.0 Å². The second kappa shape index (κ2) is 8.62. The van der Waals surface area contributed by atoms with Crippen LogP contribution in [0.2, 0.25) is 0 Å². The van der Waals surface area contributed by atoms with Gasteiger partial charge in [0.2, 0.25) is 15.9 Å². The van der Waals surface area contributed by atoms with Crippen LogP contribution in [0, 0.1) is 13.8 Å². The van der Waals surface area contributed by atoms with Gasteiger partial charge in [-0.25, -0.2) is 8.42 Å². The maximum Gasteiger partial charge on any atom is 0.243 e. The Bertz CT molecular complexity index is 950. The van der Waals surface area contributed by atoms with Crippen molar-refractivity contribution in [3.8, 4) is 0 Å². The predicted molar refractivity (Wildman–Crippen MR) is 108 cm³/mol. The summed E-state index contributed by atoms with van der Waals surface area (Å²) in [6.45, 7) is 7.82. The summed E-state index contributed by atoms with van der Waals surface area (Å²) in [5.41, 5.74) is 1.65. The van der Waals surface area contributed by atoms with Crippen molar-refractivity contribution in [2.75, 3.05) is 31.9 Å². The van der Waals surface area contributed by atoms with E-state index in [9.17, 15) is 13.2 Å². The van der Waals surface area contributed by atoms with Crippen LogP contribution in [0.5, 0.6) is 0 Å². The van der Waals surface area contributed by atoms with E-state index in [1.165, 1.54) is 16.1 Å². The van der Waals surface area contributed by atoms with E-state index in [0.717, 1.165) is 17.7 Å². The van der Waals surface area contributed by atoms with Crippen LogP contribution in [-0.4, -0.2) is 70.2 Å². The number of aromatic nitrogens is 3. The molecule has 0 saturated carbocycles. The fourth-order valence-electron chi connectivity index (χ4n) is 3.09. The summed E-state index contributed by atoms with van der Waals surface area (Å²) < 4.78 is 29.3. The van der Waals surface area contributed by atoms with Gasteiger partial charge >= 0.3 is 0 Å². The van der Waals surface area contributed by atoms with Gasteiger partial charge in [-0.1, -0.05) is 23.9 Å². The maximum absolute atomic E-state index is 13.0. The standard InChI is InChI=1S/C18H25N5O3S2/c1-4-21-13-19-20-18(21)27-12-17(24)22-7-9-23(10-8-22)28(25,26)16-11-14(2)5-6-15(16)3/h5-6,11,13H,4,7-10,12H2,1-3H3. The van der Waals surface area contributed by atoms with Gasteiger partial charge in [-0.3, -0.25) is 4.79 Å². The first-order valence-corrected chi connectivity index (χ1v) is 11.6. The minimum absolute atomic E-state index is 0.0144. The molecule has 1 aliphatic rings. The van der Waals surface area contributed by atoms with Gasteiger partial charge in [0.15, 0.2) is 5.16 Å². The third-order valence-electron chi connectivity index (χ3n) is 4.80. The SMILES string of the molecule is CCn1cnnc1SCC(=O)N1CCN(S(=O)(=O)c2cc(C)ccc2C)CC1. The van der Waals surface area contributed by atoms with Crippen molar-refractivity contribution in [2.45, 2.75) is 37.4 Å². The molecule has 2 heterocycles. The average Bonchev–Trinajstić information content (AvgIpc) is 3.15. The second-order valence-corrected chi connectivity index (χ2v) is 9.59. The molecule has 2 aromatic rings. The van der Waals surface area contributed by atoms with Gasteiger partial charge in [-0.05, 0) is 38.0 Å². The van der Waals surface area contributed by atoms with E-state index >= 15 is 0 Å². The molecule has 0 unspecified atom stereocenters. The first kappa shape index (κ1) is 20.8. The molecule has 1 amide bonds. The highest BCUT2D eigenvalue weighted by Gasteiger charge is 2.31. The normalized spacial score (nSPS) is 15.8. The number of aryl methyl sites for hydroxylation is 3. The molecule has 0 bridgehead atoms. The van der Waals surface area contributed by atoms with Crippen LogP contribution in [-0.2, 0) is 21.4 Å². The van der Waals surface area contributed by atoms with Crippen molar-refractivity contribution < 1.29 is 13.2 Å². The Morgan fingerprint density at radius 2 is 1.89 bits per heavy atom. The Morgan fingerprint density at radius 3 is 2.57 bits per heavy atom. The third kappa shape index (κ3) is 4.39. The van der Waals surface area contributed by atoms with Crippen LogP contribution in [0.15, 0.2) is 34.6 Å². The topological polar surface area (TPSA) is 88.4 Å². The molecule has 0 atom stereocenters. The van der Waals surface area contributed by atoms with Gasteiger partial charge in [0.1, 0.15) is 6.33 Å². The number of carbonyl (C=O) groups is 1. The van der Waals surface area contributed by atoms with E-state index < -0.39 is 10.0 Å². The minimum atomic E-state index is -3.55. The predicted octanol–water partition coefficient (Wildman–Crippen LogP) is 1.54. The number of nitrogens with zero attached hydrogens (tertiary/aromatic N) is 5. The van der Waals surface area contributed by atoms with Crippen LogP contribution in [0.1, 0.15) is 18.1 Å². The smallest absolute Gasteiger partial charge is 0.243 e. The van der Waals surface area contributed by atoms with Gasteiger partial charge in [0, 0.05) is 32.7 Å². The van der Waals surface area contributed by atoms with E-state index in [-0.39, 0.29) is 11.7 Å². The Morgan fingerprint density at radius 1 is 1.18 bits per heavy atom. The molecule has 10 heteroatoms. The molecule has 28 heavy (non-hydrogen) atoms. The number of hydrogen-bond donors (Lipinski definition) is 0. The Kier molecular flexibility index (Phi) is 6.41. The number of carbonyl (C=O) groups excluding carboxylic acids is 1. The molecule has 1 aromatic carbocycles. The van der Waals surface area contributed by atoms with Crippen molar-refractivity contribution in [3.05, 3.63) is 35.7 Å². The molecule has 1 aromatic heterocycles. The monoisotopic (exact) mass is 423 g/mol. The fourth-order valence-corrected chi connectivity index (χ4v) is 5.71. The lowest BCUT2D eigenvalue weighted by Gasteiger charge is -2.34. The molecule has 1 aliphatic heterocycles. The van der Waals surface area contributed by atoms with Gasteiger partial charge in [0.05, 0.1) is 10.6 Å². The van der Waals surface area contributed by atoms with Crippen LogP contribution < -0.4 is 0 Å². The quantitative estimate of drug-likeness (QED) is 0.655. The maximum atomic E-state index is 13.0. The highest BCUT2D eigenvalue weighted by molar-refractivity contribution is 7.99. The van der Waals surface area contributed by atoms with Crippen LogP contribution >= 0.6 is 11.8 Å². The van der Waals surface area contributed by atoms with Crippen LogP contribution in [0.3, 0.4) is 0 Å². The lowest BCUT2D eigenvalue weighted by molar-refractivity contribution is -0.129. The number of amides is 1. The molecule has 0 radical (unpaired) electrons. The number of piperazine rings is 1. The molecular weight excluding hydrogens is 398 g/mol. The zero-order valence-corrected chi connectivity index (χ0v) is 18.0. The van der Waals surface area contributed by atoms with Gasteiger partial charge in [0.25, 0.3) is 0 Å². The first-order valence-electron chi connectivity index (χ1n) is 9.18. The second-order valence-electron chi connectivity index (χ2n) is 6.74.